The summed E-state index contributed by atoms with van der Waals surface area (Å²) in [6.07, 6.45) is 0. The molecule has 176 valence electrons. The topological polar surface area (TPSA) is 67.8 Å². The highest BCUT2D eigenvalue weighted by atomic mass is 127. The molecule has 0 amide bonds. The zero-order valence-corrected chi connectivity index (χ0v) is 21.7. The standard InChI is InChI=1S/C22H36N4O4.HI/c1-6-23-21(24-14-22(2)15-30-16-22)26-9-7-25(8-10-26)13-17-11-18(27-3)20(29-5)19(12-17)28-4;/h11-12H,6-10,13-16H2,1-5H3,(H,23,24);1H. The molecule has 2 aliphatic rings. The number of halogens is 1. The Morgan fingerprint density at radius 1 is 1.06 bits per heavy atom. The molecule has 0 radical (unpaired) electrons. The highest BCUT2D eigenvalue weighted by molar-refractivity contribution is 14.0. The number of methoxy groups -OCH3 is 3. The van der Waals surface area contributed by atoms with E-state index in [1.165, 1.54) is 0 Å². The average molecular weight is 548 g/mol. The lowest BCUT2D eigenvalue weighted by Crippen LogP contribution is -2.52. The zero-order chi connectivity index (χ0) is 21.6. The first kappa shape index (κ1) is 25.8. The van der Waals surface area contributed by atoms with Crippen molar-refractivity contribution in [3.8, 4) is 17.2 Å². The van der Waals surface area contributed by atoms with Crippen molar-refractivity contribution >= 4 is 29.9 Å². The van der Waals surface area contributed by atoms with Gasteiger partial charge in [0.1, 0.15) is 0 Å². The van der Waals surface area contributed by atoms with Gasteiger partial charge in [-0.05, 0) is 24.6 Å². The summed E-state index contributed by atoms with van der Waals surface area (Å²) in [5, 5.41) is 3.45. The summed E-state index contributed by atoms with van der Waals surface area (Å²) in [4.78, 5) is 9.70. The normalized spacial score (nSPS) is 18.6. The minimum atomic E-state index is 0. The van der Waals surface area contributed by atoms with Crippen LogP contribution in [0.3, 0.4) is 0 Å². The van der Waals surface area contributed by atoms with Crippen LogP contribution in [0, 0.1) is 5.41 Å². The molecule has 31 heavy (non-hydrogen) atoms. The first-order valence-corrected chi connectivity index (χ1v) is 10.6. The molecule has 0 unspecified atom stereocenters. The monoisotopic (exact) mass is 548 g/mol. The summed E-state index contributed by atoms with van der Waals surface area (Å²) in [6, 6.07) is 4.06. The van der Waals surface area contributed by atoms with Crippen LogP contribution in [0.2, 0.25) is 0 Å². The molecular formula is C22H37IN4O4. The minimum absolute atomic E-state index is 0. The third-order valence-corrected chi connectivity index (χ3v) is 5.65. The first-order chi connectivity index (χ1) is 14.5. The van der Waals surface area contributed by atoms with Crippen molar-refractivity contribution in [2.75, 3.05) is 73.8 Å². The van der Waals surface area contributed by atoms with E-state index in [0.717, 1.165) is 70.6 Å². The van der Waals surface area contributed by atoms with Gasteiger partial charge in [0.15, 0.2) is 17.5 Å². The highest BCUT2D eigenvalue weighted by Crippen LogP contribution is 2.38. The van der Waals surface area contributed by atoms with E-state index < -0.39 is 0 Å². The summed E-state index contributed by atoms with van der Waals surface area (Å²) in [7, 11) is 4.93. The number of nitrogens with one attached hydrogen (secondary N) is 1. The molecule has 0 saturated carbocycles. The minimum Gasteiger partial charge on any atom is -0.493 e. The van der Waals surface area contributed by atoms with Crippen molar-refractivity contribution in [2.24, 2.45) is 10.4 Å². The van der Waals surface area contributed by atoms with Crippen LogP contribution in [0.5, 0.6) is 17.2 Å². The molecule has 3 rings (SSSR count). The number of guanidine groups is 1. The van der Waals surface area contributed by atoms with Crippen molar-refractivity contribution in [3.63, 3.8) is 0 Å². The quantitative estimate of drug-likeness (QED) is 0.304. The number of benzene rings is 1. The van der Waals surface area contributed by atoms with Gasteiger partial charge in [0, 0.05) is 44.7 Å². The lowest BCUT2D eigenvalue weighted by atomic mass is 9.89. The third kappa shape index (κ3) is 6.52. The van der Waals surface area contributed by atoms with Crippen LogP contribution in [0.1, 0.15) is 19.4 Å². The van der Waals surface area contributed by atoms with Crippen molar-refractivity contribution in [1.82, 2.24) is 15.1 Å². The summed E-state index contributed by atoms with van der Waals surface area (Å²) in [6.45, 7) is 12.3. The Morgan fingerprint density at radius 2 is 1.68 bits per heavy atom. The summed E-state index contributed by atoms with van der Waals surface area (Å²) in [5.74, 6) is 3.03. The van der Waals surface area contributed by atoms with Gasteiger partial charge in [-0.1, -0.05) is 6.92 Å². The smallest absolute Gasteiger partial charge is 0.203 e. The van der Waals surface area contributed by atoms with Crippen LogP contribution in [-0.2, 0) is 11.3 Å². The molecule has 2 heterocycles. The van der Waals surface area contributed by atoms with Crippen LogP contribution < -0.4 is 19.5 Å². The van der Waals surface area contributed by atoms with Crippen molar-refractivity contribution in [2.45, 2.75) is 20.4 Å². The maximum atomic E-state index is 5.49. The molecule has 1 aromatic carbocycles. The SMILES string of the molecule is CCNC(=NCC1(C)COC1)N1CCN(Cc2cc(OC)c(OC)c(OC)c2)CC1.I. The van der Waals surface area contributed by atoms with Crippen LogP contribution in [0.25, 0.3) is 0 Å². The van der Waals surface area contributed by atoms with Crippen LogP contribution in [0.4, 0.5) is 0 Å². The van der Waals surface area contributed by atoms with Gasteiger partial charge in [-0.2, -0.15) is 0 Å². The molecule has 1 aromatic rings. The number of rotatable bonds is 8. The molecule has 2 aliphatic heterocycles. The van der Waals surface area contributed by atoms with Gasteiger partial charge in [0.25, 0.3) is 0 Å². The number of piperazine rings is 1. The molecule has 0 aromatic heterocycles. The summed E-state index contributed by atoms with van der Waals surface area (Å²) < 4.78 is 21.8. The Morgan fingerprint density at radius 3 is 2.13 bits per heavy atom. The highest BCUT2D eigenvalue weighted by Gasteiger charge is 2.33. The largest absolute Gasteiger partial charge is 0.493 e. The van der Waals surface area contributed by atoms with E-state index in [1.54, 1.807) is 21.3 Å². The van der Waals surface area contributed by atoms with Gasteiger partial charge < -0.3 is 29.2 Å². The van der Waals surface area contributed by atoms with E-state index in [9.17, 15) is 0 Å². The Labute approximate surface area is 203 Å². The van der Waals surface area contributed by atoms with Crippen molar-refractivity contribution < 1.29 is 18.9 Å². The first-order valence-electron chi connectivity index (χ1n) is 10.6. The van der Waals surface area contributed by atoms with Gasteiger partial charge in [-0.15, -0.1) is 24.0 Å². The van der Waals surface area contributed by atoms with Gasteiger partial charge in [0.05, 0.1) is 41.1 Å². The third-order valence-electron chi connectivity index (χ3n) is 5.65. The lowest BCUT2D eigenvalue weighted by molar-refractivity contribution is -0.0946. The second-order valence-corrected chi connectivity index (χ2v) is 8.27. The van der Waals surface area contributed by atoms with Crippen molar-refractivity contribution in [1.29, 1.82) is 0 Å². The summed E-state index contributed by atoms with van der Waals surface area (Å²) >= 11 is 0. The fourth-order valence-corrected chi connectivity index (χ4v) is 3.84. The van der Waals surface area contributed by atoms with E-state index in [-0.39, 0.29) is 29.4 Å². The molecule has 9 heteroatoms. The van der Waals surface area contributed by atoms with Crippen LogP contribution in [-0.4, -0.2) is 89.6 Å². The van der Waals surface area contributed by atoms with Gasteiger partial charge in [-0.25, -0.2) is 0 Å². The van der Waals surface area contributed by atoms with Gasteiger partial charge in [-0.3, -0.25) is 9.89 Å². The van der Waals surface area contributed by atoms with E-state index in [0.29, 0.717) is 17.2 Å². The maximum absolute atomic E-state index is 5.49. The fraction of sp³-hybridized carbons (Fsp3) is 0.682. The number of aliphatic imine (C=N–C) groups is 1. The predicted octanol–water partition coefficient (Wildman–Crippen LogP) is 2.45. The molecule has 0 aliphatic carbocycles. The molecular weight excluding hydrogens is 511 g/mol. The van der Waals surface area contributed by atoms with Gasteiger partial charge in [0.2, 0.25) is 5.75 Å². The number of hydrogen-bond donors (Lipinski definition) is 1. The number of hydrogen-bond acceptors (Lipinski definition) is 6. The average Bonchev–Trinajstić information content (AvgIpc) is 2.75. The maximum Gasteiger partial charge on any atom is 0.203 e. The second-order valence-electron chi connectivity index (χ2n) is 8.27. The van der Waals surface area contributed by atoms with E-state index >= 15 is 0 Å². The lowest BCUT2D eigenvalue weighted by Gasteiger charge is -2.39. The van der Waals surface area contributed by atoms with Gasteiger partial charge >= 0.3 is 0 Å². The van der Waals surface area contributed by atoms with Crippen LogP contribution in [0.15, 0.2) is 17.1 Å². The molecule has 2 saturated heterocycles. The Balaban J connectivity index is 0.00000341. The molecule has 0 spiro atoms. The Bertz CT molecular complexity index is 709. The van der Waals surface area contributed by atoms with E-state index in [4.69, 9.17) is 23.9 Å². The molecule has 2 fully saturated rings. The molecule has 1 N–H and O–H groups in total. The zero-order valence-electron chi connectivity index (χ0n) is 19.4. The van der Waals surface area contributed by atoms with Crippen LogP contribution >= 0.6 is 24.0 Å². The number of nitrogens with zero attached hydrogens (tertiary/aromatic N) is 3. The Kier molecular flexibility index (Phi) is 9.95. The second kappa shape index (κ2) is 12.0. The molecule has 0 bridgehead atoms. The molecule has 8 nitrogen and oxygen atoms in total. The van der Waals surface area contributed by atoms with E-state index in [2.05, 4.69) is 29.0 Å². The number of ether oxygens (including phenoxy) is 4. The van der Waals surface area contributed by atoms with E-state index in [1.807, 2.05) is 12.1 Å². The Hall–Kier alpha value is -1.46. The van der Waals surface area contributed by atoms with Crippen molar-refractivity contribution in [3.05, 3.63) is 17.7 Å². The predicted molar refractivity (Wildman–Crippen MR) is 133 cm³/mol. The molecule has 0 atom stereocenters. The fourth-order valence-electron chi connectivity index (χ4n) is 3.84. The summed E-state index contributed by atoms with van der Waals surface area (Å²) in [5.41, 5.74) is 1.34.